The van der Waals surface area contributed by atoms with Crippen molar-refractivity contribution in [3.8, 4) is 0 Å². The second-order valence-electron chi connectivity index (χ2n) is 24.2. The molecule has 0 bridgehead atoms. The maximum Gasteiger partial charge on any atom is 0.330 e. The Morgan fingerprint density at radius 1 is 0.531 bits per heavy atom. The first-order valence-electron chi connectivity index (χ1n) is 35.1. The zero-order valence-corrected chi connectivity index (χ0v) is 59.8. The number of aliphatic hydroxyl groups is 3. The molecule has 554 valence electrons. The van der Waals surface area contributed by atoms with E-state index in [1.165, 1.54) is 26.8 Å². The Morgan fingerprint density at radius 3 is 1.43 bits per heavy atom. The summed E-state index contributed by atoms with van der Waals surface area (Å²) in [6.45, 7) is 26.7. The summed E-state index contributed by atoms with van der Waals surface area (Å²) in [4.78, 5) is 77.2. The van der Waals surface area contributed by atoms with Crippen LogP contribution < -0.4 is 0 Å². The first kappa shape index (κ1) is 87.7. The predicted octanol–water partition coefficient (Wildman–Crippen LogP) is 11.2. The van der Waals surface area contributed by atoms with E-state index in [2.05, 4.69) is 31.7 Å². The molecular weight excluding hydrogens is 1270 g/mol. The standard InChI is InChI=1S/C22H30O6.C19H26O4.C15H26O6.C14H26O5.C5H8O2/c1-4-18(26-15-17-10-7-6-8-11-17)20-14-21(27-16(3)23)19(28-20)12-9-13-22(24)25-5-2;1-4-9-17-19(22-14(3)20)12-18(23-17)16(5-2)21-13-15-10-7-6-8-11-15;1-4-11(17)13-9-14(20-10(3)16)12(21-13)7-6-8-15(18)19-5-2;1-2-3-4-6-10(15)13-9-11(16)12(19-13)7-5-8-14(17)18;1-3-5(6)7-4-2/h6-11,13,18-21H,4-5,12,14-15H2,1-3H3;4,6-8,10-11,16-19H,1,5,9,12-13H2,2-3H3;11-14,17H,4-9H2,1-3H3;10-13,15-16H,2-9H2,1H3,(H,17,18);3H,1,4H2,2H3/b13-9+;;;;/t18-,19-,20-,21-;16-,17-,18-,19-;11-,12-,13-,14-;10-,11-,12-,13-;/m1111./s1. The van der Waals surface area contributed by atoms with E-state index in [4.69, 9.17) is 57.2 Å². The topological polar surface area (TPSA) is 311 Å². The largest absolute Gasteiger partial charge is 0.481 e. The molecule has 0 aromatic heterocycles. The van der Waals surface area contributed by atoms with Crippen molar-refractivity contribution in [1.82, 2.24) is 0 Å². The molecular formula is C75H116O23. The minimum absolute atomic E-state index is 0.0110. The highest BCUT2D eigenvalue weighted by Crippen LogP contribution is 2.34. The van der Waals surface area contributed by atoms with Crippen LogP contribution in [0.4, 0.5) is 0 Å². The Balaban J connectivity index is 0.000000433. The van der Waals surface area contributed by atoms with Crippen LogP contribution in [0.1, 0.15) is 202 Å². The van der Waals surface area contributed by atoms with Crippen LogP contribution in [0.15, 0.2) is 98.1 Å². The van der Waals surface area contributed by atoms with Crippen molar-refractivity contribution in [2.24, 2.45) is 0 Å². The van der Waals surface area contributed by atoms with E-state index in [9.17, 15) is 48.9 Å². The Morgan fingerprint density at radius 2 is 0.980 bits per heavy atom. The maximum atomic E-state index is 11.5. The van der Waals surface area contributed by atoms with Crippen LogP contribution in [0.25, 0.3) is 0 Å². The predicted molar refractivity (Wildman–Crippen MR) is 367 cm³/mol. The molecule has 4 N–H and O–H groups in total. The van der Waals surface area contributed by atoms with Crippen molar-refractivity contribution in [2.75, 3.05) is 19.8 Å². The lowest BCUT2D eigenvalue weighted by Crippen LogP contribution is -2.28. The molecule has 2 aromatic rings. The number of unbranched alkanes of at least 4 members (excludes halogenated alkanes) is 2. The van der Waals surface area contributed by atoms with Crippen molar-refractivity contribution < 1.29 is 111 Å². The zero-order valence-electron chi connectivity index (χ0n) is 59.8. The van der Waals surface area contributed by atoms with Crippen molar-refractivity contribution in [3.63, 3.8) is 0 Å². The number of carbonyl (C=O) groups excluding carboxylic acids is 6. The van der Waals surface area contributed by atoms with Gasteiger partial charge in [-0.25, -0.2) is 9.59 Å². The van der Waals surface area contributed by atoms with Gasteiger partial charge < -0.3 is 77.3 Å². The SMILES string of the molecule is C=CC(=O)OCC.C=CC[C@H]1O[C@@H]([C@@H](CC)OCc2ccccc2)C[C@H]1OC(C)=O.CCCCC[C@@H](O)[C@H]1C[C@@H](O)[C@@H](CCCC(=O)O)O1.CCOC(=O)/C=C/C[C@H]1O[C@@H]([C@@H](CC)OCc2ccccc2)C[C@H]1OC(C)=O.CCOC(=O)CCC[C@H]1O[C@@H]([C@H](O)CC)C[C@H]1OC(C)=O. The summed E-state index contributed by atoms with van der Waals surface area (Å²) >= 11 is 0. The number of carbonyl (C=O) groups is 7. The Labute approximate surface area is 581 Å². The third-order valence-electron chi connectivity index (χ3n) is 16.3. The fourth-order valence-corrected chi connectivity index (χ4v) is 11.5. The van der Waals surface area contributed by atoms with E-state index in [1.54, 1.807) is 32.9 Å². The maximum absolute atomic E-state index is 11.5. The highest BCUT2D eigenvalue weighted by atomic mass is 16.6. The van der Waals surface area contributed by atoms with Gasteiger partial charge in [0, 0.05) is 71.4 Å². The van der Waals surface area contributed by atoms with Gasteiger partial charge >= 0.3 is 41.8 Å². The van der Waals surface area contributed by atoms with Gasteiger partial charge in [0.25, 0.3) is 0 Å². The van der Waals surface area contributed by atoms with E-state index in [0.29, 0.717) is 117 Å². The minimum atomic E-state index is -0.830. The van der Waals surface area contributed by atoms with E-state index < -0.39 is 30.3 Å². The number of rotatable bonds is 37. The molecule has 2 aromatic carbocycles. The van der Waals surface area contributed by atoms with Crippen LogP contribution in [0.5, 0.6) is 0 Å². The van der Waals surface area contributed by atoms with Gasteiger partial charge in [0.1, 0.15) is 18.3 Å². The van der Waals surface area contributed by atoms with Gasteiger partial charge in [0.2, 0.25) is 0 Å². The molecule has 0 saturated carbocycles. The van der Waals surface area contributed by atoms with Gasteiger partial charge in [-0.1, -0.05) is 126 Å². The normalized spacial score (nSPS) is 24.1. The fourth-order valence-electron chi connectivity index (χ4n) is 11.5. The molecule has 0 spiro atoms. The number of aliphatic hydroxyl groups excluding tert-OH is 3. The van der Waals surface area contributed by atoms with Crippen LogP contribution in [0, 0.1) is 0 Å². The van der Waals surface area contributed by atoms with Crippen molar-refractivity contribution in [3.05, 3.63) is 109 Å². The molecule has 4 heterocycles. The number of hydrogen-bond donors (Lipinski definition) is 4. The third kappa shape index (κ3) is 36.6. The Bertz CT molecular complexity index is 2580. The van der Waals surface area contributed by atoms with Crippen molar-refractivity contribution in [1.29, 1.82) is 0 Å². The molecule has 4 saturated heterocycles. The number of carboxylic acids is 1. The molecule has 16 atom stereocenters. The summed E-state index contributed by atoms with van der Waals surface area (Å²) in [6.07, 6.45) is 13.5. The average molecular weight is 1390 g/mol. The Hall–Kier alpha value is -6.41. The molecule has 0 unspecified atom stereocenters. The van der Waals surface area contributed by atoms with Gasteiger partial charge in [0.15, 0.2) is 0 Å². The highest BCUT2D eigenvalue weighted by molar-refractivity contribution is 5.82. The molecule has 4 aliphatic rings. The van der Waals surface area contributed by atoms with Crippen molar-refractivity contribution in [2.45, 2.75) is 302 Å². The van der Waals surface area contributed by atoms with Gasteiger partial charge in [0.05, 0.1) is 112 Å². The molecule has 0 amide bonds. The Kier molecular flexibility index (Phi) is 46.3. The van der Waals surface area contributed by atoms with E-state index in [-0.39, 0.29) is 116 Å². The third-order valence-corrected chi connectivity index (χ3v) is 16.3. The number of benzene rings is 2. The van der Waals surface area contributed by atoms with E-state index >= 15 is 0 Å². The summed E-state index contributed by atoms with van der Waals surface area (Å²) in [7, 11) is 0. The zero-order chi connectivity index (χ0) is 72.8. The van der Waals surface area contributed by atoms with Crippen molar-refractivity contribution >= 4 is 41.8 Å². The smallest absolute Gasteiger partial charge is 0.330 e. The molecule has 23 heteroatoms. The minimum Gasteiger partial charge on any atom is -0.481 e. The molecule has 4 fully saturated rings. The van der Waals surface area contributed by atoms with Gasteiger partial charge in [-0.3, -0.25) is 24.0 Å². The number of hydrogen-bond acceptors (Lipinski definition) is 22. The van der Waals surface area contributed by atoms with Crippen LogP contribution in [-0.4, -0.2) is 180 Å². The lowest BCUT2D eigenvalue weighted by atomic mass is 10.0. The summed E-state index contributed by atoms with van der Waals surface area (Å²) in [5, 5.41) is 38.3. The van der Waals surface area contributed by atoms with Gasteiger partial charge in [-0.15, -0.1) is 6.58 Å². The number of esters is 6. The van der Waals surface area contributed by atoms with E-state index in [1.807, 2.05) is 74.5 Å². The second kappa shape index (κ2) is 51.7. The summed E-state index contributed by atoms with van der Waals surface area (Å²) in [5.41, 5.74) is 2.24. The lowest BCUT2D eigenvalue weighted by Gasteiger charge is -2.22. The summed E-state index contributed by atoms with van der Waals surface area (Å²) in [6, 6.07) is 20.1. The average Bonchev–Trinajstić information content (AvgIpc) is 1.73. The molecule has 0 radical (unpaired) electrons. The molecule has 4 aliphatic heterocycles. The lowest BCUT2D eigenvalue weighted by molar-refractivity contribution is -0.150. The monoisotopic (exact) mass is 1380 g/mol. The quantitative estimate of drug-likeness (QED) is 0.0161. The van der Waals surface area contributed by atoms with Gasteiger partial charge in [-0.2, -0.15) is 0 Å². The highest BCUT2D eigenvalue weighted by Gasteiger charge is 2.43. The number of ether oxygens (including phenoxy) is 12. The van der Waals surface area contributed by atoms with Crippen LogP contribution >= 0.6 is 0 Å². The van der Waals surface area contributed by atoms with Gasteiger partial charge in [-0.05, 0) is 96.1 Å². The van der Waals surface area contributed by atoms with E-state index in [0.717, 1.165) is 49.3 Å². The molecule has 0 aliphatic carbocycles. The number of carboxylic acid groups (broad SMARTS) is 1. The first-order valence-corrected chi connectivity index (χ1v) is 35.1. The van der Waals surface area contributed by atoms with Crippen LogP contribution in [0.3, 0.4) is 0 Å². The summed E-state index contributed by atoms with van der Waals surface area (Å²) in [5.74, 6) is -2.78. The fraction of sp³-hybridized carbons (Fsp3) is 0.667. The number of aliphatic carboxylic acids is 1. The molecule has 98 heavy (non-hydrogen) atoms. The van der Waals surface area contributed by atoms with Crippen LogP contribution in [0.2, 0.25) is 0 Å². The molecule has 6 rings (SSSR count). The first-order chi connectivity index (χ1) is 47.0. The molecule has 23 nitrogen and oxygen atoms in total. The summed E-state index contributed by atoms with van der Waals surface area (Å²) < 4.78 is 66.1. The van der Waals surface area contributed by atoms with Crippen LogP contribution in [-0.2, 0) is 104 Å². The second-order valence-corrected chi connectivity index (χ2v) is 24.2.